The Kier molecular flexibility index (Phi) is 4.75. The number of nitrogens with zero attached hydrogens (tertiary/aromatic N) is 2. The van der Waals surface area contributed by atoms with Gasteiger partial charge in [-0.2, -0.15) is 4.31 Å². The molecule has 2 aromatic carbocycles. The number of anilines is 1. The second kappa shape index (κ2) is 6.68. The summed E-state index contributed by atoms with van der Waals surface area (Å²) >= 11 is 0. The van der Waals surface area contributed by atoms with Crippen LogP contribution in [0.1, 0.15) is 5.56 Å². The fourth-order valence-corrected chi connectivity index (χ4v) is 4.34. The van der Waals surface area contributed by atoms with Gasteiger partial charge in [-0.25, -0.2) is 21.6 Å². The first-order valence-electron chi connectivity index (χ1n) is 7.75. The van der Waals surface area contributed by atoms with E-state index in [-0.39, 0.29) is 42.3 Å². The molecule has 1 fully saturated rings. The largest absolute Gasteiger partial charge is 0.367 e. The minimum absolute atomic E-state index is 0.0350. The molecule has 0 N–H and O–H groups in total. The van der Waals surface area contributed by atoms with E-state index >= 15 is 0 Å². The molecule has 0 unspecified atom stereocenters. The first kappa shape index (κ1) is 17.8. The Morgan fingerprint density at radius 3 is 2.16 bits per heavy atom. The number of rotatable bonds is 3. The number of hydrogen-bond acceptors (Lipinski definition) is 3. The quantitative estimate of drug-likeness (QED) is 0.834. The normalized spacial score (nSPS) is 16.2. The average Bonchev–Trinajstić information content (AvgIpc) is 2.57. The van der Waals surface area contributed by atoms with Gasteiger partial charge in [-0.1, -0.05) is 0 Å². The highest BCUT2D eigenvalue weighted by molar-refractivity contribution is 7.89. The van der Waals surface area contributed by atoms with Crippen molar-refractivity contribution in [3.63, 3.8) is 0 Å². The molecular formula is C17H17F3N2O2S. The summed E-state index contributed by atoms with van der Waals surface area (Å²) in [5, 5.41) is 0. The molecule has 8 heteroatoms. The third-order valence-electron chi connectivity index (χ3n) is 4.26. The SMILES string of the molecule is Cc1cc(S(=O)(=O)N2CCN(c3ccc(F)cc3F)CC2)ccc1F. The highest BCUT2D eigenvalue weighted by atomic mass is 32.2. The van der Waals surface area contributed by atoms with Crippen molar-refractivity contribution in [2.24, 2.45) is 0 Å². The molecule has 0 bridgehead atoms. The molecule has 25 heavy (non-hydrogen) atoms. The summed E-state index contributed by atoms with van der Waals surface area (Å²) in [6.45, 7) is 2.39. The van der Waals surface area contributed by atoms with E-state index in [0.717, 1.165) is 12.1 Å². The van der Waals surface area contributed by atoms with Gasteiger partial charge >= 0.3 is 0 Å². The van der Waals surface area contributed by atoms with Crippen molar-refractivity contribution >= 4 is 15.7 Å². The molecule has 0 amide bonds. The molecule has 1 aliphatic rings. The summed E-state index contributed by atoms with van der Waals surface area (Å²) < 4.78 is 66.9. The first-order chi connectivity index (χ1) is 11.8. The zero-order chi connectivity index (χ0) is 18.2. The molecule has 0 spiro atoms. The van der Waals surface area contributed by atoms with Crippen LogP contribution in [0.25, 0.3) is 0 Å². The second-order valence-electron chi connectivity index (χ2n) is 5.90. The fourth-order valence-electron chi connectivity index (χ4n) is 2.83. The van der Waals surface area contributed by atoms with E-state index < -0.39 is 27.5 Å². The van der Waals surface area contributed by atoms with E-state index in [1.165, 1.54) is 35.5 Å². The van der Waals surface area contributed by atoms with Gasteiger partial charge in [0.05, 0.1) is 10.6 Å². The lowest BCUT2D eigenvalue weighted by Crippen LogP contribution is -2.48. The molecule has 0 saturated carbocycles. The topological polar surface area (TPSA) is 40.6 Å². The van der Waals surface area contributed by atoms with E-state index in [9.17, 15) is 21.6 Å². The maximum absolute atomic E-state index is 13.9. The van der Waals surface area contributed by atoms with Crippen molar-refractivity contribution in [1.29, 1.82) is 0 Å². The molecule has 134 valence electrons. The van der Waals surface area contributed by atoms with Crippen molar-refractivity contribution in [3.8, 4) is 0 Å². The summed E-state index contributed by atoms with van der Waals surface area (Å²) in [4.78, 5) is 1.71. The lowest BCUT2D eigenvalue weighted by Gasteiger charge is -2.35. The second-order valence-corrected chi connectivity index (χ2v) is 7.84. The van der Waals surface area contributed by atoms with Gasteiger partial charge < -0.3 is 4.90 Å². The fraction of sp³-hybridized carbons (Fsp3) is 0.294. The Hall–Kier alpha value is -2.06. The minimum Gasteiger partial charge on any atom is -0.367 e. The smallest absolute Gasteiger partial charge is 0.243 e. The first-order valence-corrected chi connectivity index (χ1v) is 9.19. The summed E-state index contributed by atoms with van der Waals surface area (Å²) in [7, 11) is -3.74. The maximum atomic E-state index is 13.9. The van der Waals surface area contributed by atoms with Gasteiger partial charge in [0, 0.05) is 32.2 Å². The van der Waals surface area contributed by atoms with Crippen molar-refractivity contribution in [3.05, 3.63) is 59.4 Å². The Balaban J connectivity index is 1.76. The monoisotopic (exact) mass is 370 g/mol. The van der Waals surface area contributed by atoms with Gasteiger partial charge in [0.25, 0.3) is 0 Å². The molecule has 4 nitrogen and oxygen atoms in total. The number of hydrogen-bond donors (Lipinski definition) is 0. The van der Waals surface area contributed by atoms with Crippen LogP contribution in [-0.2, 0) is 10.0 Å². The standard InChI is InChI=1S/C17H17F3N2O2S/c1-12-10-14(3-4-15(12)19)25(23,24)22-8-6-21(7-9-22)17-5-2-13(18)11-16(17)20/h2-5,10-11H,6-9H2,1H3. The zero-order valence-corrected chi connectivity index (χ0v) is 14.4. The molecule has 0 aliphatic carbocycles. The Bertz CT molecular complexity index is 895. The minimum atomic E-state index is -3.74. The van der Waals surface area contributed by atoms with Crippen LogP contribution in [0, 0.1) is 24.4 Å². The lowest BCUT2D eigenvalue weighted by atomic mass is 10.2. The lowest BCUT2D eigenvalue weighted by molar-refractivity contribution is 0.383. The molecular weight excluding hydrogens is 353 g/mol. The van der Waals surface area contributed by atoms with E-state index in [0.29, 0.717) is 0 Å². The molecule has 1 aliphatic heterocycles. The summed E-state index contributed by atoms with van der Waals surface area (Å²) in [6, 6.07) is 6.99. The van der Waals surface area contributed by atoms with E-state index in [2.05, 4.69) is 0 Å². The van der Waals surface area contributed by atoms with Crippen LogP contribution in [0.15, 0.2) is 41.3 Å². The molecule has 1 heterocycles. The highest BCUT2D eigenvalue weighted by Gasteiger charge is 2.29. The average molecular weight is 370 g/mol. The Morgan fingerprint density at radius 2 is 1.56 bits per heavy atom. The number of aryl methyl sites for hydroxylation is 1. The van der Waals surface area contributed by atoms with E-state index in [4.69, 9.17) is 0 Å². The van der Waals surface area contributed by atoms with Crippen molar-refractivity contribution < 1.29 is 21.6 Å². The summed E-state index contributed by atoms with van der Waals surface area (Å²) in [5.74, 6) is -1.80. The van der Waals surface area contributed by atoms with Gasteiger partial charge in [0.2, 0.25) is 10.0 Å². The van der Waals surface area contributed by atoms with E-state index in [1.54, 1.807) is 4.90 Å². The number of piperazine rings is 1. The molecule has 0 radical (unpaired) electrons. The van der Waals surface area contributed by atoms with Gasteiger partial charge in [0.1, 0.15) is 17.5 Å². The van der Waals surface area contributed by atoms with Crippen LogP contribution < -0.4 is 4.90 Å². The third kappa shape index (κ3) is 3.50. The predicted octanol–water partition coefficient (Wildman–Crippen LogP) is 2.92. The van der Waals surface area contributed by atoms with Crippen LogP contribution in [0.5, 0.6) is 0 Å². The Morgan fingerprint density at radius 1 is 0.880 bits per heavy atom. The number of sulfonamides is 1. The summed E-state index contributed by atoms with van der Waals surface area (Å²) in [6.07, 6.45) is 0. The molecule has 2 aromatic rings. The molecule has 0 atom stereocenters. The van der Waals surface area contributed by atoms with Crippen LogP contribution >= 0.6 is 0 Å². The summed E-state index contributed by atoms with van der Waals surface area (Å²) in [5.41, 5.74) is 0.504. The van der Waals surface area contributed by atoms with Crippen molar-refractivity contribution in [1.82, 2.24) is 4.31 Å². The van der Waals surface area contributed by atoms with E-state index in [1.807, 2.05) is 0 Å². The maximum Gasteiger partial charge on any atom is 0.243 e. The van der Waals surface area contributed by atoms with Crippen molar-refractivity contribution in [2.75, 3.05) is 31.1 Å². The predicted molar refractivity (Wildman–Crippen MR) is 88.5 cm³/mol. The van der Waals surface area contributed by atoms with Crippen LogP contribution in [0.3, 0.4) is 0 Å². The number of halogens is 3. The van der Waals surface area contributed by atoms with Gasteiger partial charge in [-0.3, -0.25) is 0 Å². The Labute approximate surface area is 144 Å². The third-order valence-corrected chi connectivity index (χ3v) is 6.15. The zero-order valence-electron chi connectivity index (χ0n) is 13.5. The van der Waals surface area contributed by atoms with Gasteiger partial charge in [-0.05, 0) is 42.8 Å². The van der Waals surface area contributed by atoms with Crippen LogP contribution in [-0.4, -0.2) is 38.9 Å². The van der Waals surface area contributed by atoms with Crippen LogP contribution in [0.4, 0.5) is 18.9 Å². The number of benzene rings is 2. The van der Waals surface area contributed by atoms with Crippen LogP contribution in [0.2, 0.25) is 0 Å². The molecule has 0 aromatic heterocycles. The highest BCUT2D eigenvalue weighted by Crippen LogP contribution is 2.24. The van der Waals surface area contributed by atoms with Gasteiger partial charge in [0.15, 0.2) is 0 Å². The van der Waals surface area contributed by atoms with Gasteiger partial charge in [-0.15, -0.1) is 0 Å². The molecule has 1 saturated heterocycles. The van der Waals surface area contributed by atoms with Crippen molar-refractivity contribution in [2.45, 2.75) is 11.8 Å². The molecule has 3 rings (SSSR count).